The molecule has 142 valence electrons. The standard InChI is InChI=1S/C25H26N2O/c1-20(28-18-21-8-3-2-4-9-21)25(27-17-16-26-19-27)15-14-23-12-7-11-22-10-5-6-13-24(22)23/h2-13,16-17,19-20,25H,14-15,18H2,1H3/t20-,25+/m0/s1. The molecular weight excluding hydrogens is 344 g/mol. The van der Waals surface area contributed by atoms with Crippen molar-refractivity contribution in [2.75, 3.05) is 0 Å². The average Bonchev–Trinajstić information content (AvgIpc) is 3.28. The first kappa shape index (κ1) is 18.5. The summed E-state index contributed by atoms with van der Waals surface area (Å²) in [6.07, 6.45) is 7.87. The van der Waals surface area contributed by atoms with Crippen molar-refractivity contribution in [3.05, 3.63) is 103 Å². The van der Waals surface area contributed by atoms with E-state index in [4.69, 9.17) is 4.74 Å². The van der Waals surface area contributed by atoms with Crippen LogP contribution < -0.4 is 0 Å². The Balaban J connectivity index is 1.48. The summed E-state index contributed by atoms with van der Waals surface area (Å²) < 4.78 is 8.42. The Morgan fingerprint density at radius 3 is 2.54 bits per heavy atom. The van der Waals surface area contributed by atoms with E-state index in [1.165, 1.54) is 21.9 Å². The number of hydrogen-bond donors (Lipinski definition) is 0. The van der Waals surface area contributed by atoms with E-state index < -0.39 is 0 Å². The van der Waals surface area contributed by atoms with Gasteiger partial charge >= 0.3 is 0 Å². The average molecular weight is 370 g/mol. The Hall–Kier alpha value is -2.91. The number of fused-ring (bicyclic) bond motifs is 1. The van der Waals surface area contributed by atoms with E-state index in [0.29, 0.717) is 6.61 Å². The quantitative estimate of drug-likeness (QED) is 0.391. The lowest BCUT2D eigenvalue weighted by molar-refractivity contribution is 0.0149. The zero-order chi connectivity index (χ0) is 19.2. The van der Waals surface area contributed by atoms with Gasteiger partial charge in [-0.1, -0.05) is 72.8 Å². The third-order valence-corrected chi connectivity index (χ3v) is 5.39. The van der Waals surface area contributed by atoms with Crippen molar-refractivity contribution < 1.29 is 4.74 Å². The minimum atomic E-state index is 0.0874. The second kappa shape index (κ2) is 8.85. The van der Waals surface area contributed by atoms with E-state index in [1.807, 2.05) is 24.8 Å². The van der Waals surface area contributed by atoms with E-state index in [0.717, 1.165) is 12.8 Å². The number of imidazole rings is 1. The lowest BCUT2D eigenvalue weighted by atomic mass is 9.97. The molecule has 0 N–H and O–H groups in total. The van der Waals surface area contributed by atoms with Crippen molar-refractivity contribution in [2.45, 2.75) is 38.5 Å². The van der Waals surface area contributed by atoms with Crippen LogP contribution in [0.25, 0.3) is 10.8 Å². The molecule has 0 saturated carbocycles. The van der Waals surface area contributed by atoms with Gasteiger partial charge in [0.05, 0.1) is 25.1 Å². The molecule has 0 unspecified atom stereocenters. The summed E-state index contributed by atoms with van der Waals surface area (Å²) in [4.78, 5) is 4.26. The van der Waals surface area contributed by atoms with Gasteiger partial charge in [-0.3, -0.25) is 0 Å². The van der Waals surface area contributed by atoms with E-state index in [1.54, 1.807) is 0 Å². The Morgan fingerprint density at radius 1 is 0.929 bits per heavy atom. The second-order valence-corrected chi connectivity index (χ2v) is 7.26. The molecule has 2 atom stereocenters. The molecule has 0 bridgehead atoms. The molecule has 0 aliphatic heterocycles. The highest BCUT2D eigenvalue weighted by Gasteiger charge is 2.20. The topological polar surface area (TPSA) is 27.1 Å². The highest BCUT2D eigenvalue weighted by molar-refractivity contribution is 5.85. The summed E-state index contributed by atoms with van der Waals surface area (Å²) in [7, 11) is 0. The van der Waals surface area contributed by atoms with Crippen LogP contribution in [0.5, 0.6) is 0 Å². The number of benzene rings is 3. The molecule has 0 fully saturated rings. The molecule has 0 aliphatic rings. The zero-order valence-electron chi connectivity index (χ0n) is 16.2. The lowest BCUT2D eigenvalue weighted by Crippen LogP contribution is -2.24. The van der Waals surface area contributed by atoms with E-state index in [2.05, 4.69) is 83.2 Å². The molecule has 28 heavy (non-hydrogen) atoms. The molecular formula is C25H26N2O. The molecule has 3 nitrogen and oxygen atoms in total. The summed E-state index contributed by atoms with van der Waals surface area (Å²) in [5.41, 5.74) is 2.59. The van der Waals surface area contributed by atoms with Crippen molar-refractivity contribution >= 4 is 10.8 Å². The van der Waals surface area contributed by atoms with Crippen LogP contribution in [0.15, 0.2) is 91.5 Å². The predicted molar refractivity (Wildman–Crippen MR) is 114 cm³/mol. The summed E-state index contributed by atoms with van der Waals surface area (Å²) in [6, 6.07) is 25.8. The minimum Gasteiger partial charge on any atom is -0.372 e. The maximum Gasteiger partial charge on any atom is 0.0949 e. The fraction of sp³-hybridized carbons (Fsp3) is 0.240. The van der Waals surface area contributed by atoms with Gasteiger partial charge in [0, 0.05) is 12.4 Å². The smallest absolute Gasteiger partial charge is 0.0949 e. The van der Waals surface area contributed by atoms with Crippen LogP contribution in [-0.2, 0) is 17.8 Å². The minimum absolute atomic E-state index is 0.0874. The zero-order valence-corrected chi connectivity index (χ0v) is 16.2. The molecule has 1 heterocycles. The number of aryl methyl sites for hydroxylation is 1. The normalized spacial score (nSPS) is 13.5. The van der Waals surface area contributed by atoms with Crippen LogP contribution >= 0.6 is 0 Å². The van der Waals surface area contributed by atoms with Crippen LogP contribution in [0.3, 0.4) is 0 Å². The Morgan fingerprint density at radius 2 is 1.71 bits per heavy atom. The van der Waals surface area contributed by atoms with Gasteiger partial charge in [0.2, 0.25) is 0 Å². The van der Waals surface area contributed by atoms with Crippen LogP contribution in [0.2, 0.25) is 0 Å². The maximum absolute atomic E-state index is 6.24. The monoisotopic (exact) mass is 370 g/mol. The molecule has 1 aromatic heterocycles. The summed E-state index contributed by atoms with van der Waals surface area (Å²) in [5.74, 6) is 0. The number of hydrogen-bond acceptors (Lipinski definition) is 2. The third kappa shape index (κ3) is 4.32. The predicted octanol–water partition coefficient (Wildman–Crippen LogP) is 5.82. The van der Waals surface area contributed by atoms with E-state index in [9.17, 15) is 0 Å². The summed E-state index contributed by atoms with van der Waals surface area (Å²) in [6.45, 7) is 2.79. The van der Waals surface area contributed by atoms with Gasteiger partial charge in [-0.2, -0.15) is 0 Å². The van der Waals surface area contributed by atoms with Crippen molar-refractivity contribution in [3.63, 3.8) is 0 Å². The van der Waals surface area contributed by atoms with Crippen LogP contribution in [-0.4, -0.2) is 15.7 Å². The van der Waals surface area contributed by atoms with Gasteiger partial charge in [-0.15, -0.1) is 0 Å². The molecule has 3 aromatic carbocycles. The lowest BCUT2D eigenvalue weighted by Gasteiger charge is -2.26. The van der Waals surface area contributed by atoms with Gasteiger partial charge in [0.15, 0.2) is 0 Å². The van der Waals surface area contributed by atoms with Gasteiger partial charge < -0.3 is 9.30 Å². The SMILES string of the molecule is C[C@H](OCc1ccccc1)[C@@H](CCc1cccc2ccccc12)n1ccnc1. The van der Waals surface area contributed by atoms with Gasteiger partial charge in [0.1, 0.15) is 0 Å². The largest absolute Gasteiger partial charge is 0.372 e. The highest BCUT2D eigenvalue weighted by Crippen LogP contribution is 2.26. The fourth-order valence-electron chi connectivity index (χ4n) is 3.82. The Bertz CT molecular complexity index is 990. The summed E-state index contributed by atoms with van der Waals surface area (Å²) >= 11 is 0. The first-order chi connectivity index (χ1) is 13.8. The molecule has 0 radical (unpaired) electrons. The number of ether oxygens (including phenoxy) is 1. The first-order valence-corrected chi connectivity index (χ1v) is 9.91. The molecule has 0 spiro atoms. The molecule has 4 rings (SSSR count). The van der Waals surface area contributed by atoms with Crippen LogP contribution in [0.1, 0.15) is 30.5 Å². The summed E-state index contributed by atoms with van der Waals surface area (Å²) in [5, 5.41) is 2.64. The molecule has 3 heteroatoms. The van der Waals surface area contributed by atoms with Gasteiger partial charge in [0.25, 0.3) is 0 Å². The van der Waals surface area contributed by atoms with E-state index in [-0.39, 0.29) is 12.1 Å². The Kier molecular flexibility index (Phi) is 5.83. The molecule has 4 aromatic rings. The highest BCUT2D eigenvalue weighted by atomic mass is 16.5. The number of nitrogens with zero attached hydrogens (tertiary/aromatic N) is 2. The fourth-order valence-corrected chi connectivity index (χ4v) is 3.82. The first-order valence-electron chi connectivity index (χ1n) is 9.91. The maximum atomic E-state index is 6.24. The number of rotatable bonds is 8. The van der Waals surface area contributed by atoms with Gasteiger partial charge in [-0.05, 0) is 41.7 Å². The third-order valence-electron chi connectivity index (χ3n) is 5.39. The van der Waals surface area contributed by atoms with Crippen molar-refractivity contribution in [1.29, 1.82) is 0 Å². The second-order valence-electron chi connectivity index (χ2n) is 7.26. The number of aromatic nitrogens is 2. The molecule has 0 aliphatic carbocycles. The van der Waals surface area contributed by atoms with Crippen LogP contribution in [0, 0.1) is 0 Å². The van der Waals surface area contributed by atoms with Crippen molar-refractivity contribution in [1.82, 2.24) is 9.55 Å². The van der Waals surface area contributed by atoms with Crippen molar-refractivity contribution in [2.24, 2.45) is 0 Å². The van der Waals surface area contributed by atoms with Gasteiger partial charge in [-0.25, -0.2) is 4.98 Å². The van der Waals surface area contributed by atoms with Crippen LogP contribution in [0.4, 0.5) is 0 Å². The molecule has 0 amide bonds. The molecule has 0 saturated heterocycles. The van der Waals surface area contributed by atoms with Crippen molar-refractivity contribution in [3.8, 4) is 0 Å². The Labute approximate surface area is 166 Å². The van der Waals surface area contributed by atoms with E-state index >= 15 is 0 Å².